The molecule has 1 aromatic carbocycles. The number of benzene rings is 1. The van der Waals surface area contributed by atoms with E-state index in [9.17, 15) is 0 Å². The fraction of sp³-hybridized carbons (Fsp3) is 0.417. The fourth-order valence-electron chi connectivity index (χ4n) is 1.69. The van der Waals surface area contributed by atoms with Crippen molar-refractivity contribution in [2.75, 3.05) is 0 Å². The monoisotopic (exact) mass is 223 g/mol. The topological polar surface area (TPSA) is 26.0 Å². The van der Waals surface area contributed by atoms with Gasteiger partial charge in [0.1, 0.15) is 0 Å². The maximum atomic E-state index is 5.90. The van der Waals surface area contributed by atoms with Crippen LogP contribution in [0.15, 0.2) is 22.7 Å². The van der Waals surface area contributed by atoms with Crippen molar-refractivity contribution in [2.45, 2.75) is 32.6 Å². The summed E-state index contributed by atoms with van der Waals surface area (Å²) in [5, 5.41) is 5.11. The van der Waals surface area contributed by atoms with Crippen LogP contribution in [-0.2, 0) is 6.42 Å². The minimum atomic E-state index is 0.461. The van der Waals surface area contributed by atoms with Crippen LogP contribution in [0, 0.1) is 0 Å². The lowest BCUT2D eigenvalue weighted by atomic mass is 10.1. The molecule has 0 bridgehead atoms. The van der Waals surface area contributed by atoms with Crippen molar-refractivity contribution in [1.29, 1.82) is 0 Å². The van der Waals surface area contributed by atoms with Gasteiger partial charge in [-0.1, -0.05) is 42.6 Å². The lowest BCUT2D eigenvalue weighted by Crippen LogP contribution is -1.84. The van der Waals surface area contributed by atoms with E-state index in [-0.39, 0.29) is 0 Å². The number of fused-ring (bicyclic) bond motifs is 1. The lowest BCUT2D eigenvalue weighted by molar-refractivity contribution is 0.457. The van der Waals surface area contributed by atoms with Crippen LogP contribution in [0.2, 0.25) is 5.15 Å². The van der Waals surface area contributed by atoms with Crippen LogP contribution in [0.3, 0.4) is 0 Å². The minimum Gasteiger partial charge on any atom is -0.355 e. The van der Waals surface area contributed by atoms with Crippen molar-refractivity contribution in [3.05, 3.63) is 28.9 Å². The number of hydrogen-bond acceptors (Lipinski definition) is 2. The highest BCUT2D eigenvalue weighted by Crippen LogP contribution is 2.24. The summed E-state index contributed by atoms with van der Waals surface area (Å²) in [7, 11) is 0. The fourth-order valence-corrected chi connectivity index (χ4v) is 1.87. The van der Waals surface area contributed by atoms with E-state index < -0.39 is 0 Å². The van der Waals surface area contributed by atoms with Gasteiger partial charge in [0.25, 0.3) is 0 Å². The normalized spacial score (nSPS) is 11.1. The molecule has 0 aliphatic rings. The molecule has 0 aliphatic heterocycles. The van der Waals surface area contributed by atoms with E-state index in [4.69, 9.17) is 16.1 Å². The zero-order valence-electron chi connectivity index (χ0n) is 8.79. The van der Waals surface area contributed by atoms with Gasteiger partial charge >= 0.3 is 0 Å². The zero-order valence-corrected chi connectivity index (χ0v) is 9.55. The SMILES string of the molecule is CCCCCc1ccc2onc(Cl)c2c1. The van der Waals surface area contributed by atoms with Crippen LogP contribution < -0.4 is 0 Å². The largest absolute Gasteiger partial charge is 0.355 e. The van der Waals surface area contributed by atoms with Gasteiger partial charge in [-0.25, -0.2) is 0 Å². The molecule has 80 valence electrons. The van der Waals surface area contributed by atoms with Crippen LogP contribution in [0.25, 0.3) is 11.0 Å². The number of halogens is 1. The smallest absolute Gasteiger partial charge is 0.180 e. The van der Waals surface area contributed by atoms with E-state index in [2.05, 4.69) is 24.2 Å². The first-order valence-electron chi connectivity index (χ1n) is 5.35. The molecule has 15 heavy (non-hydrogen) atoms. The molecule has 0 saturated carbocycles. The molecule has 0 spiro atoms. The second-order valence-corrected chi connectivity index (χ2v) is 4.12. The maximum Gasteiger partial charge on any atom is 0.180 e. The molecule has 2 rings (SSSR count). The van der Waals surface area contributed by atoms with Crippen LogP contribution in [-0.4, -0.2) is 5.16 Å². The third kappa shape index (κ3) is 2.32. The average molecular weight is 224 g/mol. The minimum absolute atomic E-state index is 0.461. The Bertz CT molecular complexity index is 450. The van der Waals surface area contributed by atoms with E-state index >= 15 is 0 Å². The van der Waals surface area contributed by atoms with Gasteiger partial charge in [-0.3, -0.25) is 0 Å². The summed E-state index contributed by atoms with van der Waals surface area (Å²) in [6, 6.07) is 6.10. The zero-order chi connectivity index (χ0) is 10.7. The molecule has 0 fully saturated rings. The number of hydrogen-bond donors (Lipinski definition) is 0. The summed E-state index contributed by atoms with van der Waals surface area (Å²) < 4.78 is 5.05. The molecular weight excluding hydrogens is 210 g/mol. The highest BCUT2D eigenvalue weighted by Gasteiger charge is 2.05. The maximum absolute atomic E-state index is 5.90. The standard InChI is InChI=1S/C12H14ClNO/c1-2-3-4-5-9-6-7-11-10(8-9)12(13)14-15-11/h6-8H,2-5H2,1H3. The molecule has 1 heterocycles. The molecule has 0 N–H and O–H groups in total. The summed E-state index contributed by atoms with van der Waals surface area (Å²) in [5.74, 6) is 0. The Morgan fingerprint density at radius 3 is 3.00 bits per heavy atom. The van der Waals surface area contributed by atoms with Gasteiger partial charge in [-0.05, 0) is 30.5 Å². The number of unbranched alkanes of at least 4 members (excludes halogenated alkanes) is 2. The highest BCUT2D eigenvalue weighted by atomic mass is 35.5. The molecule has 2 aromatic rings. The van der Waals surface area contributed by atoms with Crippen LogP contribution >= 0.6 is 11.6 Å². The van der Waals surface area contributed by atoms with E-state index in [1.54, 1.807) is 0 Å². The van der Waals surface area contributed by atoms with Gasteiger partial charge < -0.3 is 4.52 Å². The highest BCUT2D eigenvalue weighted by molar-refractivity contribution is 6.34. The second-order valence-electron chi connectivity index (χ2n) is 3.76. The van der Waals surface area contributed by atoms with Gasteiger partial charge in [-0.2, -0.15) is 0 Å². The van der Waals surface area contributed by atoms with Crippen molar-refractivity contribution in [1.82, 2.24) is 5.16 Å². The molecule has 2 nitrogen and oxygen atoms in total. The lowest BCUT2D eigenvalue weighted by Gasteiger charge is -1.99. The quantitative estimate of drug-likeness (QED) is 0.726. The van der Waals surface area contributed by atoms with Crippen molar-refractivity contribution in [3.8, 4) is 0 Å². The van der Waals surface area contributed by atoms with Gasteiger partial charge in [-0.15, -0.1) is 0 Å². The third-order valence-electron chi connectivity index (χ3n) is 2.56. The van der Waals surface area contributed by atoms with Gasteiger partial charge in [0.05, 0.1) is 5.39 Å². The Hall–Kier alpha value is -1.02. The Balaban J connectivity index is 2.18. The van der Waals surface area contributed by atoms with Crippen molar-refractivity contribution in [3.63, 3.8) is 0 Å². The molecule has 0 radical (unpaired) electrons. The Morgan fingerprint density at radius 2 is 2.20 bits per heavy atom. The van der Waals surface area contributed by atoms with Crippen molar-refractivity contribution >= 4 is 22.6 Å². The Labute approximate surface area is 94.2 Å². The van der Waals surface area contributed by atoms with Crippen LogP contribution in [0.4, 0.5) is 0 Å². The molecule has 0 aliphatic carbocycles. The van der Waals surface area contributed by atoms with Crippen molar-refractivity contribution in [2.24, 2.45) is 0 Å². The summed E-state index contributed by atoms with van der Waals surface area (Å²) in [6.07, 6.45) is 4.85. The Morgan fingerprint density at radius 1 is 1.33 bits per heavy atom. The molecule has 0 atom stereocenters. The van der Waals surface area contributed by atoms with E-state index in [1.807, 2.05) is 6.07 Å². The molecule has 0 saturated heterocycles. The van der Waals surface area contributed by atoms with E-state index in [0.29, 0.717) is 5.15 Å². The number of aryl methyl sites for hydroxylation is 1. The summed E-state index contributed by atoms with van der Waals surface area (Å²) in [5.41, 5.74) is 2.07. The predicted molar refractivity (Wildman–Crippen MR) is 62.2 cm³/mol. The molecule has 0 amide bonds. The van der Waals surface area contributed by atoms with Gasteiger partial charge in [0.15, 0.2) is 10.7 Å². The second kappa shape index (κ2) is 4.67. The van der Waals surface area contributed by atoms with Crippen LogP contribution in [0.1, 0.15) is 31.7 Å². The number of aromatic nitrogens is 1. The van der Waals surface area contributed by atoms with E-state index in [1.165, 1.54) is 24.8 Å². The first-order chi connectivity index (χ1) is 7.31. The summed E-state index contributed by atoms with van der Waals surface area (Å²) >= 11 is 5.90. The van der Waals surface area contributed by atoms with Gasteiger partial charge in [0, 0.05) is 0 Å². The van der Waals surface area contributed by atoms with E-state index in [0.717, 1.165) is 17.4 Å². The number of rotatable bonds is 4. The first kappa shape index (κ1) is 10.5. The predicted octanol–water partition coefficient (Wildman–Crippen LogP) is 4.21. The number of nitrogens with zero attached hydrogens (tertiary/aromatic N) is 1. The molecular formula is C12H14ClNO. The van der Waals surface area contributed by atoms with Crippen LogP contribution in [0.5, 0.6) is 0 Å². The van der Waals surface area contributed by atoms with Gasteiger partial charge in [0.2, 0.25) is 0 Å². The first-order valence-corrected chi connectivity index (χ1v) is 5.73. The summed E-state index contributed by atoms with van der Waals surface area (Å²) in [6.45, 7) is 2.21. The summed E-state index contributed by atoms with van der Waals surface area (Å²) in [4.78, 5) is 0. The average Bonchev–Trinajstić information content (AvgIpc) is 2.61. The molecule has 1 aromatic heterocycles. The third-order valence-corrected chi connectivity index (χ3v) is 2.83. The molecule has 3 heteroatoms. The Kier molecular flexibility index (Phi) is 3.27. The molecule has 0 unspecified atom stereocenters. The van der Waals surface area contributed by atoms with Crippen molar-refractivity contribution < 1.29 is 4.52 Å².